The number of ether oxygens (including phenoxy) is 1. The van der Waals surface area contributed by atoms with Crippen LogP contribution >= 0.6 is 0 Å². The molecule has 1 aromatic carbocycles. The molecule has 0 spiro atoms. The van der Waals surface area contributed by atoms with E-state index < -0.39 is 9.04 Å². The van der Waals surface area contributed by atoms with Gasteiger partial charge in [0.2, 0.25) is 0 Å². The zero-order valence-corrected chi connectivity index (χ0v) is 12.1. The smallest absolute Gasteiger partial charge is 0.179 e. The molecule has 0 saturated heterocycles. The summed E-state index contributed by atoms with van der Waals surface area (Å²) in [7, 11) is -0.994. The fraction of sp³-hybridized carbons (Fsp3) is 0.538. The molecule has 0 amide bonds. The van der Waals surface area contributed by atoms with E-state index in [4.69, 9.17) is 9.16 Å². The Morgan fingerprint density at radius 1 is 1.12 bits per heavy atom. The molecule has 0 aromatic heterocycles. The van der Waals surface area contributed by atoms with Gasteiger partial charge < -0.3 is 9.16 Å². The van der Waals surface area contributed by atoms with Gasteiger partial charge in [0.25, 0.3) is 0 Å². The zero-order valence-electron chi connectivity index (χ0n) is 10.9. The maximum Gasteiger partial charge on any atom is 0.179 e. The summed E-state index contributed by atoms with van der Waals surface area (Å²) in [5, 5.41) is 0. The number of hydrogen-bond acceptors (Lipinski definition) is 2. The highest BCUT2D eigenvalue weighted by atomic mass is 28.3. The Kier molecular flexibility index (Phi) is 4.56. The second kappa shape index (κ2) is 5.50. The van der Waals surface area contributed by atoms with E-state index in [1.165, 1.54) is 5.56 Å². The maximum absolute atomic E-state index is 5.69. The van der Waals surface area contributed by atoms with Crippen LogP contribution in [-0.4, -0.2) is 15.8 Å². The highest BCUT2D eigenvalue weighted by Gasteiger charge is 2.18. The molecule has 1 aromatic rings. The lowest BCUT2D eigenvalue weighted by molar-refractivity contribution is 0.118. The first-order valence-corrected chi connectivity index (χ1v) is 8.53. The van der Waals surface area contributed by atoms with Crippen LogP contribution in [0.25, 0.3) is 0 Å². The van der Waals surface area contributed by atoms with E-state index in [0.717, 1.165) is 5.75 Å². The second-order valence-electron chi connectivity index (χ2n) is 5.22. The summed E-state index contributed by atoms with van der Waals surface area (Å²) in [5.41, 5.74) is 1.33. The molecule has 0 aliphatic heterocycles. The third kappa shape index (κ3) is 3.98. The predicted molar refractivity (Wildman–Crippen MR) is 70.6 cm³/mol. The molecule has 0 atom stereocenters. The molecule has 16 heavy (non-hydrogen) atoms. The van der Waals surface area contributed by atoms with Crippen LogP contribution in [0.3, 0.4) is 0 Å². The molecule has 0 aliphatic carbocycles. The van der Waals surface area contributed by atoms with Crippen molar-refractivity contribution in [2.75, 3.05) is 6.79 Å². The first-order chi connectivity index (χ1) is 7.41. The van der Waals surface area contributed by atoms with Gasteiger partial charge >= 0.3 is 0 Å². The van der Waals surface area contributed by atoms with Crippen molar-refractivity contribution < 1.29 is 9.16 Å². The van der Waals surface area contributed by atoms with Gasteiger partial charge in [0, 0.05) is 0 Å². The molecule has 0 N–H and O–H groups in total. The van der Waals surface area contributed by atoms with Gasteiger partial charge in [-0.2, -0.15) is 0 Å². The molecule has 0 unspecified atom stereocenters. The number of rotatable bonds is 4. The largest absolute Gasteiger partial charge is 0.468 e. The molecule has 0 bridgehead atoms. The van der Waals surface area contributed by atoms with E-state index in [-0.39, 0.29) is 5.41 Å². The van der Waals surface area contributed by atoms with Crippen LogP contribution < -0.4 is 4.74 Å². The van der Waals surface area contributed by atoms with E-state index in [0.29, 0.717) is 6.79 Å². The molecule has 0 aliphatic rings. The number of hydrogen-bond donors (Lipinski definition) is 0. The lowest BCUT2D eigenvalue weighted by atomic mass is 9.86. The van der Waals surface area contributed by atoms with Crippen LogP contribution in [-0.2, 0) is 9.84 Å². The standard InChI is InChI=1S/C13H22O2Si/c1-13(2,3)11-8-6-7-9-12(11)14-10-15-16(4)5/h6-9,16H,10H2,1-5H3. The summed E-state index contributed by atoms with van der Waals surface area (Å²) in [4.78, 5) is 0. The van der Waals surface area contributed by atoms with E-state index in [9.17, 15) is 0 Å². The van der Waals surface area contributed by atoms with Crippen LogP contribution in [0.2, 0.25) is 13.1 Å². The molecule has 0 heterocycles. The van der Waals surface area contributed by atoms with Gasteiger partial charge in [0.15, 0.2) is 15.8 Å². The van der Waals surface area contributed by atoms with Gasteiger partial charge in [-0.1, -0.05) is 39.0 Å². The summed E-state index contributed by atoms with van der Waals surface area (Å²) < 4.78 is 11.2. The van der Waals surface area contributed by atoms with Crippen LogP contribution in [0.4, 0.5) is 0 Å². The third-order valence-corrected chi connectivity index (χ3v) is 3.11. The van der Waals surface area contributed by atoms with Gasteiger partial charge in [-0.15, -0.1) is 0 Å². The van der Waals surface area contributed by atoms with Gasteiger partial charge in [-0.05, 0) is 30.1 Å². The minimum atomic E-state index is -0.994. The Bertz CT molecular complexity index is 329. The van der Waals surface area contributed by atoms with Crippen LogP contribution in [0, 0.1) is 0 Å². The molecule has 2 nitrogen and oxygen atoms in total. The van der Waals surface area contributed by atoms with Crippen molar-refractivity contribution in [2.45, 2.75) is 39.3 Å². The lowest BCUT2D eigenvalue weighted by Crippen LogP contribution is -2.17. The molecule has 0 saturated carbocycles. The van der Waals surface area contributed by atoms with Crippen molar-refractivity contribution in [1.29, 1.82) is 0 Å². The van der Waals surface area contributed by atoms with E-state index in [1.54, 1.807) is 0 Å². The molecule has 3 heteroatoms. The molecular weight excluding hydrogens is 216 g/mol. The fourth-order valence-corrected chi connectivity index (χ4v) is 1.79. The maximum atomic E-state index is 5.69. The minimum absolute atomic E-state index is 0.103. The minimum Gasteiger partial charge on any atom is -0.468 e. The summed E-state index contributed by atoms with van der Waals surface area (Å²) in [6, 6.07) is 8.16. The zero-order chi connectivity index (χ0) is 12.2. The van der Waals surface area contributed by atoms with Crippen LogP contribution in [0.1, 0.15) is 26.3 Å². The van der Waals surface area contributed by atoms with Crippen LogP contribution in [0.5, 0.6) is 5.75 Å². The number of benzene rings is 1. The van der Waals surface area contributed by atoms with Crippen molar-refractivity contribution in [3.63, 3.8) is 0 Å². The SMILES string of the molecule is C[SiH](C)OCOc1ccccc1C(C)(C)C. The van der Waals surface area contributed by atoms with Crippen molar-refractivity contribution >= 4 is 9.04 Å². The third-order valence-electron chi connectivity index (χ3n) is 2.31. The average molecular weight is 238 g/mol. The van der Waals surface area contributed by atoms with E-state index >= 15 is 0 Å². The Morgan fingerprint density at radius 3 is 2.31 bits per heavy atom. The normalized spacial score (nSPS) is 11.9. The van der Waals surface area contributed by atoms with Gasteiger partial charge in [-0.25, -0.2) is 0 Å². The predicted octanol–water partition coefficient (Wildman–Crippen LogP) is 3.32. The Morgan fingerprint density at radius 2 is 1.75 bits per heavy atom. The first-order valence-electron chi connectivity index (χ1n) is 5.75. The quantitative estimate of drug-likeness (QED) is 0.592. The molecule has 0 radical (unpaired) electrons. The molecular formula is C13H22O2Si. The van der Waals surface area contributed by atoms with Crippen LogP contribution in [0.15, 0.2) is 24.3 Å². The van der Waals surface area contributed by atoms with Crippen molar-refractivity contribution in [1.82, 2.24) is 0 Å². The Labute approximate surface area is 100 Å². The Hall–Kier alpha value is -0.803. The molecule has 0 fully saturated rings. The monoisotopic (exact) mass is 238 g/mol. The highest BCUT2D eigenvalue weighted by Crippen LogP contribution is 2.30. The topological polar surface area (TPSA) is 18.5 Å². The summed E-state index contributed by atoms with van der Waals surface area (Å²) in [6.07, 6.45) is 0. The highest BCUT2D eigenvalue weighted by molar-refractivity contribution is 6.48. The van der Waals surface area contributed by atoms with Crippen molar-refractivity contribution in [3.05, 3.63) is 29.8 Å². The summed E-state index contributed by atoms with van der Waals surface area (Å²) in [6.45, 7) is 11.2. The van der Waals surface area contributed by atoms with Crippen molar-refractivity contribution in [2.24, 2.45) is 0 Å². The van der Waals surface area contributed by atoms with Gasteiger partial charge in [0.05, 0.1) is 0 Å². The summed E-state index contributed by atoms with van der Waals surface area (Å²) >= 11 is 0. The first kappa shape index (κ1) is 13.3. The fourth-order valence-electron chi connectivity index (χ4n) is 1.45. The second-order valence-corrected chi connectivity index (χ2v) is 7.65. The Balaban J connectivity index is 2.72. The molecule has 1 rings (SSSR count). The van der Waals surface area contributed by atoms with E-state index in [2.05, 4.69) is 39.9 Å². The lowest BCUT2D eigenvalue weighted by Gasteiger charge is -2.22. The molecule has 90 valence electrons. The summed E-state index contributed by atoms with van der Waals surface area (Å²) in [5.74, 6) is 0.935. The van der Waals surface area contributed by atoms with E-state index in [1.807, 2.05) is 18.2 Å². The van der Waals surface area contributed by atoms with Gasteiger partial charge in [0.1, 0.15) is 5.75 Å². The average Bonchev–Trinajstić information content (AvgIpc) is 2.16. The van der Waals surface area contributed by atoms with Gasteiger partial charge in [-0.3, -0.25) is 0 Å². The van der Waals surface area contributed by atoms with Crippen molar-refractivity contribution in [3.8, 4) is 5.75 Å². The number of para-hydroxylation sites is 1.